The molecule has 0 aliphatic heterocycles. The van der Waals surface area contributed by atoms with E-state index in [2.05, 4.69) is 481 Å². The number of hydrogen-bond acceptors (Lipinski definition) is 3. The molecule has 0 aliphatic rings. The minimum atomic E-state index is 0.917. The van der Waals surface area contributed by atoms with Gasteiger partial charge in [-0.25, -0.2) is 0 Å². The summed E-state index contributed by atoms with van der Waals surface area (Å²) >= 11 is 0. The Morgan fingerprint density at radius 1 is 0.123 bits per heavy atom. The molecule has 138 heavy (non-hydrogen) atoms. The van der Waals surface area contributed by atoms with Crippen LogP contribution in [0, 0.1) is 0 Å². The lowest BCUT2D eigenvalue weighted by molar-refractivity contribution is 0.669. The summed E-state index contributed by atoms with van der Waals surface area (Å²) in [5, 5.41) is 44.3. The first-order valence-corrected chi connectivity index (χ1v) is 47.5. The fraction of sp³-hybridized carbons (Fsp3) is 0. The predicted molar refractivity (Wildman–Crippen MR) is 585 cm³/mol. The number of nitrogens with zero attached hydrogens (tertiary/aromatic N) is 3. The first kappa shape index (κ1) is 76.2. The molecule has 0 atom stereocenters. The van der Waals surface area contributed by atoms with Gasteiger partial charge in [-0.2, -0.15) is 0 Å². The number of aromatic nitrogens is 3. The molecule has 32 rings (SSSR count). The predicted octanol–water partition coefficient (Wildman–Crippen LogP) is 37.2. The van der Waals surface area contributed by atoms with Crippen LogP contribution in [0.2, 0.25) is 0 Å². The minimum Gasteiger partial charge on any atom is -0.456 e. The van der Waals surface area contributed by atoms with Crippen molar-refractivity contribution in [1.29, 1.82) is 0 Å². The minimum absolute atomic E-state index is 0.917. The number of furan rings is 3. The molecule has 6 aromatic heterocycles. The van der Waals surface area contributed by atoms with E-state index in [0.717, 1.165) is 66.1 Å². The molecule has 0 bridgehead atoms. The average molecular weight is 1750 g/mol. The van der Waals surface area contributed by atoms with Gasteiger partial charge in [0.05, 0.1) is 33.1 Å². The van der Waals surface area contributed by atoms with Crippen LogP contribution in [0.1, 0.15) is 0 Å². The standard InChI is InChI=1S/2C46H27NO.C40H23NO/c1-2-10-32(11-3-1)47-43-17-9-8-16-37(43)40-23-29(20-21-44(40)47)28-18-19-30-24-41-42-26-38-35-14-6-4-12-33(35)34-13-5-7-15-36(34)39(38)27-46(42)48-45(41)25-31(30)22-28;1-2-10-32(11-3-1)47-41-17-9-8-15-36(41)37-21-20-29(26-42(37)47)28-18-19-30-27-44-40(25-31(30)24-28)46-43(48-44)23-22-39-35-14-5-4-12-33(35)34-13-6-7-16-38(34)45(39)46;1-2-11-29-27(9-1)28-10-3-4-14-32(28)39-33(29)19-20-34-35-22-25-21-26(18-17-24(25)23-38(35)42-40(34)39)41-36-15-7-5-12-30(36)31-13-6-8-16-37(31)41/h2*1-27H;1-23H. The van der Waals surface area contributed by atoms with Gasteiger partial charge in [-0.3, -0.25) is 0 Å². The van der Waals surface area contributed by atoms with Gasteiger partial charge in [-0.05, 0) is 298 Å². The zero-order chi connectivity index (χ0) is 90.1. The van der Waals surface area contributed by atoms with Crippen LogP contribution < -0.4 is 0 Å². The van der Waals surface area contributed by atoms with Gasteiger partial charge in [0.1, 0.15) is 33.5 Å². The summed E-state index contributed by atoms with van der Waals surface area (Å²) < 4.78 is 27.1. The van der Waals surface area contributed by atoms with Gasteiger partial charge in [-0.15, -0.1) is 0 Å². The van der Waals surface area contributed by atoms with Crippen molar-refractivity contribution >= 4 is 261 Å². The maximum absolute atomic E-state index is 6.74. The molecular weight excluding hydrogens is 1680 g/mol. The van der Waals surface area contributed by atoms with Gasteiger partial charge >= 0.3 is 0 Å². The van der Waals surface area contributed by atoms with Crippen molar-refractivity contribution in [1.82, 2.24) is 13.7 Å². The van der Waals surface area contributed by atoms with Crippen LogP contribution in [0.15, 0.2) is 480 Å². The first-order chi connectivity index (χ1) is 68.4. The quantitative estimate of drug-likeness (QED) is 0.161. The Labute approximate surface area is 788 Å². The SMILES string of the molecule is c1ccc(-n2c3ccccc3c3cc(-c4ccc5cc6c(cc5c4)oc4cc5c7ccccc7c7ccccc7c5cc46)ccc32)cc1.c1ccc(-n2c3ccccc3c3ccc(-c4ccc5cc6oc7ccc8c9ccccc9c9ccccc9c8c7c6cc5c4)cc32)cc1.c1ccc2c(c1)c1ccccc1c1c2ccc2c3cc4cc(-n5c6ccccc6c6ccccc65)ccc4cc3oc21. The van der Waals surface area contributed by atoms with Crippen molar-refractivity contribution in [3.63, 3.8) is 0 Å². The van der Waals surface area contributed by atoms with E-state index in [9.17, 15) is 0 Å². The Morgan fingerprint density at radius 2 is 0.435 bits per heavy atom. The van der Waals surface area contributed by atoms with Crippen molar-refractivity contribution in [2.45, 2.75) is 0 Å². The molecule has 0 spiro atoms. The van der Waals surface area contributed by atoms with E-state index in [4.69, 9.17) is 13.3 Å². The molecule has 0 saturated heterocycles. The summed E-state index contributed by atoms with van der Waals surface area (Å²) in [6.07, 6.45) is 0. The highest BCUT2D eigenvalue weighted by Crippen LogP contribution is 2.50. The molecule has 26 aromatic carbocycles. The Kier molecular flexibility index (Phi) is 16.3. The second-order valence-corrected chi connectivity index (χ2v) is 37.1. The molecule has 32 aromatic rings. The number of benzene rings is 26. The Hall–Kier alpha value is -18.4. The molecule has 0 fully saturated rings. The molecule has 0 radical (unpaired) electrons. The molecule has 638 valence electrons. The molecule has 6 heteroatoms. The van der Waals surface area contributed by atoms with Gasteiger partial charge in [0.25, 0.3) is 0 Å². The molecule has 0 aliphatic carbocycles. The lowest BCUT2D eigenvalue weighted by atomic mass is 9.91. The zero-order valence-electron chi connectivity index (χ0n) is 74.5. The van der Waals surface area contributed by atoms with Crippen molar-refractivity contribution in [3.8, 4) is 39.3 Å². The summed E-state index contributed by atoms with van der Waals surface area (Å²) in [6.45, 7) is 0. The monoisotopic (exact) mass is 1750 g/mol. The third-order valence-electron chi connectivity index (χ3n) is 29.8. The van der Waals surface area contributed by atoms with E-state index < -0.39 is 0 Å². The number of fused-ring (bicyclic) bond motifs is 41. The van der Waals surface area contributed by atoms with Crippen LogP contribution in [-0.2, 0) is 0 Å². The second-order valence-electron chi connectivity index (χ2n) is 37.1. The first-order valence-electron chi connectivity index (χ1n) is 47.5. The van der Waals surface area contributed by atoms with Crippen LogP contribution in [-0.4, -0.2) is 13.7 Å². The molecule has 0 unspecified atom stereocenters. The van der Waals surface area contributed by atoms with Gasteiger partial charge < -0.3 is 27.0 Å². The fourth-order valence-corrected chi connectivity index (χ4v) is 23.6. The molecule has 6 nitrogen and oxygen atoms in total. The molecule has 0 amide bonds. The van der Waals surface area contributed by atoms with Crippen LogP contribution in [0.25, 0.3) is 300 Å². The van der Waals surface area contributed by atoms with Crippen LogP contribution in [0.3, 0.4) is 0 Å². The van der Waals surface area contributed by atoms with E-state index in [-0.39, 0.29) is 0 Å². The van der Waals surface area contributed by atoms with Gasteiger partial charge in [0, 0.05) is 92.5 Å². The summed E-state index contributed by atoms with van der Waals surface area (Å²) in [5.41, 5.74) is 21.2. The van der Waals surface area contributed by atoms with Crippen LogP contribution in [0.4, 0.5) is 0 Å². The Balaban J connectivity index is 0.0000000981. The van der Waals surface area contributed by atoms with Crippen LogP contribution in [0.5, 0.6) is 0 Å². The van der Waals surface area contributed by atoms with E-state index in [1.807, 2.05) is 0 Å². The lowest BCUT2D eigenvalue weighted by Crippen LogP contribution is -1.93. The zero-order valence-corrected chi connectivity index (χ0v) is 74.5. The second kappa shape index (κ2) is 29.6. The molecule has 6 heterocycles. The lowest BCUT2D eigenvalue weighted by Gasteiger charge is -2.11. The average Bonchev–Trinajstić information content (AvgIpc) is 0.928. The van der Waals surface area contributed by atoms with E-state index in [1.165, 1.54) is 234 Å². The molecular formula is C132H77N3O3. The third kappa shape index (κ3) is 11.4. The van der Waals surface area contributed by atoms with Gasteiger partial charge in [0.2, 0.25) is 0 Å². The highest BCUT2D eigenvalue weighted by molar-refractivity contribution is 6.37. The number of hydrogen-bond donors (Lipinski definition) is 0. The van der Waals surface area contributed by atoms with Crippen molar-refractivity contribution in [2.24, 2.45) is 0 Å². The summed E-state index contributed by atoms with van der Waals surface area (Å²) in [4.78, 5) is 0. The summed E-state index contributed by atoms with van der Waals surface area (Å²) in [7, 11) is 0. The van der Waals surface area contributed by atoms with Crippen molar-refractivity contribution in [2.75, 3.05) is 0 Å². The summed E-state index contributed by atoms with van der Waals surface area (Å²) in [6, 6.07) is 170. The van der Waals surface area contributed by atoms with Crippen molar-refractivity contribution in [3.05, 3.63) is 467 Å². The maximum Gasteiger partial charge on any atom is 0.143 e. The highest BCUT2D eigenvalue weighted by atomic mass is 16.3. The number of rotatable bonds is 5. The fourth-order valence-electron chi connectivity index (χ4n) is 23.6. The summed E-state index contributed by atoms with van der Waals surface area (Å²) in [5.74, 6) is 0. The van der Waals surface area contributed by atoms with Gasteiger partial charge in [0.15, 0.2) is 0 Å². The molecule has 0 N–H and O–H groups in total. The van der Waals surface area contributed by atoms with E-state index in [1.54, 1.807) is 0 Å². The van der Waals surface area contributed by atoms with E-state index in [0.29, 0.717) is 0 Å². The third-order valence-corrected chi connectivity index (χ3v) is 29.8. The Bertz CT molecular complexity index is 10800. The largest absolute Gasteiger partial charge is 0.456 e. The van der Waals surface area contributed by atoms with E-state index >= 15 is 0 Å². The number of para-hydroxylation sites is 6. The smallest absolute Gasteiger partial charge is 0.143 e. The maximum atomic E-state index is 6.74. The van der Waals surface area contributed by atoms with Gasteiger partial charge in [-0.1, -0.05) is 309 Å². The van der Waals surface area contributed by atoms with Crippen molar-refractivity contribution < 1.29 is 13.3 Å². The normalized spacial score (nSPS) is 12.2. The Morgan fingerprint density at radius 3 is 1.00 bits per heavy atom. The highest BCUT2D eigenvalue weighted by Gasteiger charge is 2.24. The molecule has 0 saturated carbocycles. The van der Waals surface area contributed by atoms with Crippen LogP contribution >= 0.6 is 0 Å². The topological polar surface area (TPSA) is 54.2 Å².